The van der Waals surface area contributed by atoms with Gasteiger partial charge in [0.05, 0.1) is 12.3 Å². The Balaban J connectivity index is 1.55. The molecule has 192 valence electrons. The summed E-state index contributed by atoms with van der Waals surface area (Å²) >= 11 is 0. The van der Waals surface area contributed by atoms with Gasteiger partial charge in [-0.2, -0.15) is 0 Å². The van der Waals surface area contributed by atoms with Gasteiger partial charge in [0.2, 0.25) is 11.9 Å². The van der Waals surface area contributed by atoms with E-state index in [9.17, 15) is 14.0 Å². The second-order valence-corrected chi connectivity index (χ2v) is 8.08. The van der Waals surface area contributed by atoms with E-state index in [-0.39, 0.29) is 23.6 Å². The molecule has 3 rings (SSSR count). The Hall–Kier alpha value is -4.29. The highest BCUT2D eigenvalue weighted by atomic mass is 19.1. The van der Waals surface area contributed by atoms with Gasteiger partial charge in [-0.15, -0.1) is 0 Å². The van der Waals surface area contributed by atoms with Crippen LogP contribution in [0.4, 0.5) is 15.1 Å². The van der Waals surface area contributed by atoms with E-state index in [0.717, 1.165) is 5.71 Å². The number of ether oxygens (including phenoxy) is 1. The number of amides is 2. The maximum absolute atomic E-state index is 15.0. The number of oxime groups is 1. The fourth-order valence-electron chi connectivity index (χ4n) is 3.36. The van der Waals surface area contributed by atoms with Crippen molar-refractivity contribution < 1.29 is 23.6 Å². The third-order valence-corrected chi connectivity index (χ3v) is 5.50. The second-order valence-electron chi connectivity index (χ2n) is 8.08. The number of carbonyl (C=O) groups is 2. The molecule has 1 fully saturated rings. The van der Waals surface area contributed by atoms with E-state index in [2.05, 4.69) is 15.1 Å². The van der Waals surface area contributed by atoms with E-state index in [4.69, 9.17) is 20.7 Å². The summed E-state index contributed by atoms with van der Waals surface area (Å²) in [4.78, 5) is 40.4. The number of likely N-dealkylation sites (N-methyl/N-ethyl adjacent to an activating group) is 1. The lowest BCUT2D eigenvalue weighted by Crippen LogP contribution is -2.36. The summed E-state index contributed by atoms with van der Waals surface area (Å²) in [6.07, 6.45) is 3.54. The maximum atomic E-state index is 15.0. The number of piperidine rings is 1. The van der Waals surface area contributed by atoms with Crippen molar-refractivity contribution in [3.8, 4) is 11.1 Å². The van der Waals surface area contributed by atoms with E-state index < -0.39 is 17.9 Å². The Bertz CT molecular complexity index is 1120. The van der Waals surface area contributed by atoms with Crippen molar-refractivity contribution in [1.82, 2.24) is 20.2 Å². The predicted molar refractivity (Wildman–Crippen MR) is 131 cm³/mol. The zero-order valence-electron chi connectivity index (χ0n) is 20.2. The van der Waals surface area contributed by atoms with Gasteiger partial charge < -0.3 is 25.1 Å². The molecule has 1 saturated heterocycles. The number of carbonyl (C=O) groups excluding carboxylic acids is 2. The molecule has 0 saturated carbocycles. The highest BCUT2D eigenvalue weighted by Crippen LogP contribution is 2.25. The molecule has 2 aromatic rings. The average Bonchev–Trinajstić information content (AvgIpc) is 2.86. The van der Waals surface area contributed by atoms with Crippen LogP contribution in [0, 0.1) is 11.2 Å². The topological polar surface area (TPSA) is 159 Å². The van der Waals surface area contributed by atoms with Crippen LogP contribution >= 0.6 is 0 Å². The van der Waals surface area contributed by atoms with Crippen LogP contribution < -0.4 is 16.0 Å². The monoisotopic (exact) mass is 500 g/mol. The normalized spacial score (nSPS) is 13.1. The minimum absolute atomic E-state index is 0.0229. The Kier molecular flexibility index (Phi) is 9.08. The number of nitrogens with zero attached hydrogens (tertiary/aromatic N) is 5. The minimum Gasteiger partial charge on any atom is -0.444 e. The van der Waals surface area contributed by atoms with Crippen LogP contribution in [-0.2, 0) is 21.0 Å². The predicted octanol–water partition coefficient (Wildman–Crippen LogP) is 1.85. The number of guanidine groups is 1. The van der Waals surface area contributed by atoms with Crippen LogP contribution in [0.2, 0.25) is 0 Å². The fourth-order valence-corrected chi connectivity index (χ4v) is 3.36. The highest BCUT2D eigenvalue weighted by molar-refractivity contribution is 5.91. The number of benzene rings is 1. The molecule has 2 heterocycles. The molecular weight excluding hydrogens is 471 g/mol. The number of nitrogens with two attached hydrogens (primary N) is 1. The minimum atomic E-state index is -0.943. The van der Waals surface area contributed by atoms with Crippen molar-refractivity contribution in [2.75, 3.05) is 38.2 Å². The molecule has 2 amide bonds. The van der Waals surface area contributed by atoms with E-state index >= 15 is 0 Å². The van der Waals surface area contributed by atoms with Gasteiger partial charge in [0.15, 0.2) is 5.96 Å². The number of rotatable bonds is 8. The Morgan fingerprint density at radius 1 is 1.28 bits per heavy atom. The van der Waals surface area contributed by atoms with Crippen molar-refractivity contribution >= 4 is 29.6 Å². The lowest BCUT2D eigenvalue weighted by atomic mass is 10.1. The van der Waals surface area contributed by atoms with E-state index in [0.29, 0.717) is 50.6 Å². The van der Waals surface area contributed by atoms with Gasteiger partial charge in [0, 0.05) is 69.0 Å². The quantitative estimate of drug-likeness (QED) is 0.214. The molecule has 0 radical (unpaired) electrons. The SMILES string of the molecule is CC(=O)N(C)CCON=C1CCN(c2ncc(-c3cccc(COC(=O)NC(=N)N)c3F)cn2)CC1. The molecule has 1 aliphatic rings. The molecular formula is C23H29FN8O4. The molecule has 0 spiro atoms. The lowest BCUT2D eigenvalue weighted by molar-refractivity contribution is -0.128. The van der Waals surface area contributed by atoms with Gasteiger partial charge in [0.25, 0.3) is 0 Å². The first-order chi connectivity index (χ1) is 17.2. The number of hydrogen-bond acceptors (Lipinski definition) is 9. The molecule has 0 unspecified atom stereocenters. The zero-order valence-corrected chi connectivity index (χ0v) is 20.2. The molecule has 4 N–H and O–H groups in total. The summed E-state index contributed by atoms with van der Waals surface area (Å²) in [7, 11) is 1.71. The van der Waals surface area contributed by atoms with Crippen LogP contribution in [0.25, 0.3) is 11.1 Å². The molecule has 13 heteroatoms. The van der Waals surface area contributed by atoms with Crippen molar-refractivity contribution in [2.45, 2.75) is 26.4 Å². The summed E-state index contributed by atoms with van der Waals surface area (Å²) in [6, 6.07) is 4.72. The van der Waals surface area contributed by atoms with Gasteiger partial charge in [-0.05, 0) is 0 Å². The van der Waals surface area contributed by atoms with Gasteiger partial charge in [-0.25, -0.2) is 19.2 Å². The van der Waals surface area contributed by atoms with E-state index in [1.54, 1.807) is 36.5 Å². The van der Waals surface area contributed by atoms with Crippen molar-refractivity contribution in [3.63, 3.8) is 0 Å². The van der Waals surface area contributed by atoms with Gasteiger partial charge in [-0.1, -0.05) is 23.4 Å². The molecule has 0 atom stereocenters. The van der Waals surface area contributed by atoms with Gasteiger partial charge >= 0.3 is 6.09 Å². The molecule has 1 aliphatic heterocycles. The largest absolute Gasteiger partial charge is 0.444 e. The van der Waals surface area contributed by atoms with Gasteiger partial charge in [-0.3, -0.25) is 15.5 Å². The van der Waals surface area contributed by atoms with Crippen molar-refractivity contribution in [3.05, 3.63) is 42.0 Å². The van der Waals surface area contributed by atoms with Crippen LogP contribution in [-0.4, -0.2) is 71.8 Å². The first-order valence-corrected chi connectivity index (χ1v) is 11.3. The Morgan fingerprint density at radius 2 is 1.97 bits per heavy atom. The fraction of sp³-hybridized carbons (Fsp3) is 0.391. The number of halogens is 1. The number of anilines is 1. The standard InChI is InChI=1S/C23H29FN8O4/c1-15(33)31(2)10-11-36-30-18-6-8-32(9-7-18)22-27-12-17(13-28-22)19-5-3-4-16(20(19)24)14-35-23(34)29-21(25)26/h3-5,12-13H,6-11,14H2,1-2H3,(H4,25,26,29,34). The number of alkyl carbamates (subject to hydrolysis) is 1. The summed E-state index contributed by atoms with van der Waals surface area (Å²) < 4.78 is 19.9. The number of nitrogens with one attached hydrogen (secondary N) is 2. The van der Waals surface area contributed by atoms with E-state index in [1.807, 2.05) is 10.2 Å². The van der Waals surface area contributed by atoms with Crippen LogP contribution in [0.3, 0.4) is 0 Å². The molecule has 0 aliphatic carbocycles. The maximum Gasteiger partial charge on any atom is 0.414 e. The first kappa shape index (κ1) is 26.3. The van der Waals surface area contributed by atoms with Gasteiger partial charge in [0.1, 0.15) is 19.0 Å². The van der Waals surface area contributed by atoms with Crippen molar-refractivity contribution in [2.24, 2.45) is 10.9 Å². The van der Waals surface area contributed by atoms with Crippen LogP contribution in [0.15, 0.2) is 35.7 Å². The summed E-state index contributed by atoms with van der Waals surface area (Å²) in [6.45, 7) is 3.32. The summed E-state index contributed by atoms with van der Waals surface area (Å²) in [5.74, 6) is -0.614. The Morgan fingerprint density at radius 3 is 2.61 bits per heavy atom. The second kappa shape index (κ2) is 12.4. The molecule has 1 aromatic heterocycles. The lowest BCUT2D eigenvalue weighted by Gasteiger charge is -2.27. The first-order valence-electron chi connectivity index (χ1n) is 11.3. The number of aromatic nitrogens is 2. The Labute approximate surface area is 207 Å². The summed E-state index contributed by atoms with van der Waals surface area (Å²) in [5.41, 5.74) is 6.92. The molecule has 0 bridgehead atoms. The summed E-state index contributed by atoms with van der Waals surface area (Å²) in [5, 5.41) is 13.1. The third kappa shape index (κ3) is 7.35. The molecule has 1 aromatic carbocycles. The molecule has 36 heavy (non-hydrogen) atoms. The number of hydrogen-bond donors (Lipinski definition) is 3. The zero-order chi connectivity index (χ0) is 26.1. The molecule has 12 nitrogen and oxygen atoms in total. The van der Waals surface area contributed by atoms with E-state index in [1.165, 1.54) is 13.0 Å². The smallest absolute Gasteiger partial charge is 0.414 e. The highest BCUT2D eigenvalue weighted by Gasteiger charge is 2.19. The third-order valence-electron chi connectivity index (χ3n) is 5.50. The van der Waals surface area contributed by atoms with Crippen molar-refractivity contribution in [1.29, 1.82) is 5.41 Å². The van der Waals surface area contributed by atoms with Crippen LogP contribution in [0.1, 0.15) is 25.3 Å². The average molecular weight is 501 g/mol. The van der Waals surface area contributed by atoms with Crippen LogP contribution in [0.5, 0.6) is 0 Å².